The van der Waals surface area contributed by atoms with Crippen molar-refractivity contribution in [3.63, 3.8) is 0 Å². The summed E-state index contributed by atoms with van der Waals surface area (Å²) in [6.45, 7) is 4.39. The van der Waals surface area contributed by atoms with E-state index in [-0.39, 0.29) is 18.0 Å². The highest BCUT2D eigenvalue weighted by atomic mass is 32.1. The second-order valence-corrected chi connectivity index (χ2v) is 8.04. The summed E-state index contributed by atoms with van der Waals surface area (Å²) in [5.74, 6) is 0.397. The van der Waals surface area contributed by atoms with Gasteiger partial charge in [0.2, 0.25) is 0 Å². The molecule has 136 valence electrons. The van der Waals surface area contributed by atoms with Gasteiger partial charge in [-0.1, -0.05) is 50.2 Å². The summed E-state index contributed by atoms with van der Waals surface area (Å²) in [6.07, 6.45) is 0.685. The van der Waals surface area contributed by atoms with Gasteiger partial charge in [0.05, 0.1) is 11.7 Å². The average Bonchev–Trinajstić information content (AvgIpc) is 3.16. The quantitative estimate of drug-likeness (QED) is 0.674. The molecule has 1 saturated heterocycles. The predicted octanol–water partition coefficient (Wildman–Crippen LogP) is 4.42. The van der Waals surface area contributed by atoms with Crippen LogP contribution in [0, 0.1) is 5.92 Å². The Morgan fingerprint density at radius 3 is 2.52 bits per heavy atom. The van der Waals surface area contributed by atoms with E-state index < -0.39 is 0 Å². The van der Waals surface area contributed by atoms with E-state index in [1.807, 2.05) is 36.4 Å². The van der Waals surface area contributed by atoms with Gasteiger partial charge in [-0.15, -0.1) is 0 Å². The highest BCUT2D eigenvalue weighted by Crippen LogP contribution is 2.44. The van der Waals surface area contributed by atoms with Crippen LogP contribution < -0.4 is 4.90 Å². The third kappa shape index (κ3) is 2.28. The molecule has 0 saturated carbocycles. The molecule has 2 atom stereocenters. The number of thiocarbonyl (C=S) groups is 1. The van der Waals surface area contributed by atoms with Crippen molar-refractivity contribution in [1.29, 1.82) is 0 Å². The number of fused-ring (bicyclic) bond motifs is 4. The first-order valence-electron chi connectivity index (χ1n) is 9.38. The number of anilines is 1. The smallest absolute Gasteiger partial charge is 0.256 e. The first kappa shape index (κ1) is 16.5. The minimum atomic E-state index is -0.239. The minimum absolute atomic E-state index is 0.0660. The summed E-state index contributed by atoms with van der Waals surface area (Å²) in [5, 5.41) is 1.83. The normalized spacial score (nSPS) is 21.9. The third-order valence-corrected chi connectivity index (χ3v) is 6.13. The highest BCUT2D eigenvalue weighted by molar-refractivity contribution is 7.80. The van der Waals surface area contributed by atoms with E-state index in [0.29, 0.717) is 17.5 Å². The van der Waals surface area contributed by atoms with Gasteiger partial charge in [-0.3, -0.25) is 9.69 Å². The highest BCUT2D eigenvalue weighted by Gasteiger charge is 2.51. The van der Waals surface area contributed by atoms with Crippen molar-refractivity contribution in [3.05, 3.63) is 65.9 Å². The van der Waals surface area contributed by atoms with Crippen LogP contribution in [0.5, 0.6) is 0 Å². The molecule has 2 aliphatic rings. The second kappa shape index (κ2) is 5.92. The molecule has 3 heterocycles. The Morgan fingerprint density at radius 2 is 1.78 bits per heavy atom. The van der Waals surface area contributed by atoms with Crippen LogP contribution in [0.15, 0.2) is 54.6 Å². The molecular weight excluding hydrogens is 354 g/mol. The molecule has 0 radical (unpaired) electrons. The molecule has 1 amide bonds. The lowest BCUT2D eigenvalue weighted by Crippen LogP contribution is -2.45. The fourth-order valence-corrected chi connectivity index (χ4v) is 5.04. The van der Waals surface area contributed by atoms with E-state index in [0.717, 1.165) is 11.2 Å². The summed E-state index contributed by atoms with van der Waals surface area (Å²) in [5.41, 5.74) is 4.44. The molecule has 3 aromatic rings. The number of rotatable bonds is 2. The predicted molar refractivity (Wildman–Crippen MR) is 112 cm³/mol. The van der Waals surface area contributed by atoms with Crippen LogP contribution in [-0.4, -0.2) is 26.9 Å². The average molecular weight is 375 g/mol. The Hall–Kier alpha value is -2.66. The van der Waals surface area contributed by atoms with Crippen molar-refractivity contribution >= 4 is 39.8 Å². The summed E-state index contributed by atoms with van der Waals surface area (Å²) in [6, 6.07) is 17.9. The molecule has 2 aromatic carbocycles. The Balaban J connectivity index is 1.66. The Morgan fingerprint density at radius 1 is 1.07 bits per heavy atom. The fourth-order valence-electron chi connectivity index (χ4n) is 4.60. The zero-order valence-corrected chi connectivity index (χ0v) is 16.2. The lowest BCUT2D eigenvalue weighted by molar-refractivity contribution is -0.120. The number of hydrogen-bond donors (Lipinski definition) is 1. The molecule has 0 bridgehead atoms. The number of para-hydroxylation sites is 2. The largest absolute Gasteiger partial charge is 0.356 e. The maximum atomic E-state index is 13.4. The summed E-state index contributed by atoms with van der Waals surface area (Å²) < 4.78 is 0. The fraction of sp³-hybridized carbons (Fsp3) is 0.273. The standard InChI is InChI=1S/C22H21N3OS/c1-13(2)20-19-16(15-10-6-7-11-17(15)23-19)12-18-21(26)24(22(27)25(18)20)14-8-4-3-5-9-14/h3-11,13,18,20,23H,12H2,1-2H3/t18-,20+/m1/s1. The number of aromatic amines is 1. The number of carbonyl (C=O) groups excluding carboxylic acids is 1. The van der Waals surface area contributed by atoms with Crippen molar-refractivity contribution < 1.29 is 4.79 Å². The molecule has 27 heavy (non-hydrogen) atoms. The van der Waals surface area contributed by atoms with Crippen LogP contribution in [0.2, 0.25) is 0 Å². The van der Waals surface area contributed by atoms with E-state index in [4.69, 9.17) is 12.2 Å². The van der Waals surface area contributed by atoms with Gasteiger partial charge < -0.3 is 9.88 Å². The van der Waals surface area contributed by atoms with Gasteiger partial charge in [-0.2, -0.15) is 0 Å². The van der Waals surface area contributed by atoms with Gasteiger partial charge >= 0.3 is 0 Å². The van der Waals surface area contributed by atoms with Gasteiger partial charge in [-0.05, 0) is 41.9 Å². The van der Waals surface area contributed by atoms with Crippen LogP contribution in [0.3, 0.4) is 0 Å². The number of nitrogens with one attached hydrogen (secondary N) is 1. The molecule has 4 nitrogen and oxygen atoms in total. The SMILES string of the molecule is CC(C)[C@H]1c2[nH]c3ccccc3c2C[C@@H]2C(=O)N(c3ccccc3)C(=S)N21. The van der Waals surface area contributed by atoms with Gasteiger partial charge in [0.1, 0.15) is 6.04 Å². The number of carbonyl (C=O) groups is 1. The molecule has 0 spiro atoms. The van der Waals surface area contributed by atoms with Gasteiger partial charge in [0.25, 0.3) is 5.91 Å². The van der Waals surface area contributed by atoms with Gasteiger partial charge in [0.15, 0.2) is 5.11 Å². The molecule has 5 heteroatoms. The van der Waals surface area contributed by atoms with E-state index >= 15 is 0 Å². The second-order valence-electron chi connectivity index (χ2n) is 7.67. The molecule has 1 fully saturated rings. The monoisotopic (exact) mass is 375 g/mol. The van der Waals surface area contributed by atoms with Gasteiger partial charge in [-0.25, -0.2) is 0 Å². The maximum Gasteiger partial charge on any atom is 0.256 e. The topological polar surface area (TPSA) is 39.3 Å². The van der Waals surface area contributed by atoms with Crippen LogP contribution >= 0.6 is 12.2 Å². The molecule has 0 unspecified atom stereocenters. The maximum absolute atomic E-state index is 13.4. The lowest BCUT2D eigenvalue weighted by atomic mass is 9.87. The zero-order chi connectivity index (χ0) is 18.7. The van der Waals surface area contributed by atoms with Crippen LogP contribution in [0.4, 0.5) is 5.69 Å². The molecule has 0 aliphatic carbocycles. The zero-order valence-electron chi connectivity index (χ0n) is 15.3. The van der Waals surface area contributed by atoms with Gasteiger partial charge in [0, 0.05) is 23.0 Å². The van der Waals surface area contributed by atoms with Crippen molar-refractivity contribution in [1.82, 2.24) is 9.88 Å². The minimum Gasteiger partial charge on any atom is -0.356 e. The molecule has 1 N–H and O–H groups in total. The summed E-state index contributed by atoms with van der Waals surface area (Å²) in [7, 11) is 0. The van der Waals surface area contributed by atoms with Crippen molar-refractivity contribution in [2.75, 3.05) is 4.90 Å². The molecule has 2 aliphatic heterocycles. The van der Waals surface area contributed by atoms with Crippen molar-refractivity contribution in [2.24, 2.45) is 5.92 Å². The molecule has 1 aromatic heterocycles. The number of H-pyrrole nitrogens is 1. The molecular formula is C22H21N3OS. The Labute approximate surface area is 163 Å². The number of amides is 1. The van der Waals surface area contributed by atoms with Crippen LogP contribution in [0.25, 0.3) is 10.9 Å². The number of hydrogen-bond acceptors (Lipinski definition) is 2. The van der Waals surface area contributed by atoms with Crippen molar-refractivity contribution in [2.45, 2.75) is 32.4 Å². The van der Waals surface area contributed by atoms with Crippen LogP contribution in [0.1, 0.15) is 31.1 Å². The first-order chi connectivity index (χ1) is 13.1. The van der Waals surface area contributed by atoms with E-state index in [1.165, 1.54) is 16.6 Å². The Bertz CT molecular complexity index is 1060. The number of aromatic nitrogens is 1. The Kier molecular flexibility index (Phi) is 3.62. The van der Waals surface area contributed by atoms with Crippen LogP contribution in [-0.2, 0) is 11.2 Å². The van der Waals surface area contributed by atoms with E-state index in [1.54, 1.807) is 4.90 Å². The lowest BCUT2D eigenvalue weighted by Gasteiger charge is -2.39. The third-order valence-electron chi connectivity index (χ3n) is 5.74. The van der Waals surface area contributed by atoms with E-state index in [9.17, 15) is 4.79 Å². The number of benzene rings is 2. The van der Waals surface area contributed by atoms with Crippen molar-refractivity contribution in [3.8, 4) is 0 Å². The van der Waals surface area contributed by atoms with E-state index in [2.05, 4.69) is 41.9 Å². The summed E-state index contributed by atoms with van der Waals surface area (Å²) >= 11 is 5.82. The summed E-state index contributed by atoms with van der Waals surface area (Å²) in [4.78, 5) is 20.9. The molecule has 5 rings (SSSR count). The first-order valence-corrected chi connectivity index (χ1v) is 9.79. The number of nitrogens with zero attached hydrogens (tertiary/aromatic N) is 2.